The zero-order valence-electron chi connectivity index (χ0n) is 16.4. The third kappa shape index (κ3) is 6.65. The molecule has 2 N–H and O–H groups in total. The summed E-state index contributed by atoms with van der Waals surface area (Å²) in [4.78, 5) is 37.1. The molecule has 7 nitrogen and oxygen atoms in total. The van der Waals surface area contributed by atoms with Gasteiger partial charge in [-0.1, -0.05) is 6.07 Å². The number of benzene rings is 1. The molecule has 1 atom stereocenters. The summed E-state index contributed by atoms with van der Waals surface area (Å²) in [5.74, 6) is -1.51. The maximum Gasteiger partial charge on any atom is 0.416 e. The Morgan fingerprint density at radius 2 is 1.83 bits per heavy atom. The minimum atomic E-state index is -4.52. The van der Waals surface area contributed by atoms with E-state index in [9.17, 15) is 27.6 Å². The first-order chi connectivity index (χ1) is 13.4. The molecule has 160 valence electrons. The number of rotatable bonds is 5. The number of alkyl halides is 3. The van der Waals surface area contributed by atoms with Gasteiger partial charge in [-0.05, 0) is 39.0 Å². The molecule has 1 aliphatic heterocycles. The first-order valence-corrected chi connectivity index (χ1v) is 9.09. The van der Waals surface area contributed by atoms with Gasteiger partial charge in [-0.2, -0.15) is 13.2 Å². The average molecular weight is 415 g/mol. The van der Waals surface area contributed by atoms with Gasteiger partial charge in [-0.15, -0.1) is 0 Å². The Kier molecular flexibility index (Phi) is 6.76. The van der Waals surface area contributed by atoms with E-state index in [4.69, 9.17) is 4.74 Å². The van der Waals surface area contributed by atoms with Gasteiger partial charge in [0.2, 0.25) is 11.8 Å². The third-order valence-electron chi connectivity index (χ3n) is 4.07. The van der Waals surface area contributed by atoms with Crippen molar-refractivity contribution in [2.75, 3.05) is 24.5 Å². The molecule has 1 aliphatic rings. The Bertz CT molecular complexity index is 775. The van der Waals surface area contributed by atoms with Crippen LogP contribution in [0.2, 0.25) is 0 Å². The van der Waals surface area contributed by atoms with E-state index in [1.807, 2.05) is 0 Å². The van der Waals surface area contributed by atoms with E-state index in [1.165, 1.54) is 17.0 Å². The lowest BCUT2D eigenvalue weighted by molar-refractivity contribution is -0.137. The molecule has 0 aromatic heterocycles. The van der Waals surface area contributed by atoms with E-state index in [1.54, 1.807) is 20.8 Å². The Balaban J connectivity index is 1.85. The van der Waals surface area contributed by atoms with Gasteiger partial charge in [-0.3, -0.25) is 9.59 Å². The van der Waals surface area contributed by atoms with Crippen molar-refractivity contribution in [2.24, 2.45) is 5.92 Å². The molecular formula is C19H24F3N3O4. The number of nitrogens with one attached hydrogen (secondary N) is 2. The van der Waals surface area contributed by atoms with Crippen LogP contribution in [0.5, 0.6) is 0 Å². The highest BCUT2D eigenvalue weighted by atomic mass is 19.4. The predicted octanol–water partition coefficient (Wildman–Crippen LogP) is 2.70. The summed E-state index contributed by atoms with van der Waals surface area (Å²) in [5, 5.41) is 5.09. The summed E-state index contributed by atoms with van der Waals surface area (Å²) < 4.78 is 43.7. The number of ether oxygens (including phenoxy) is 1. The predicted molar refractivity (Wildman–Crippen MR) is 99.2 cm³/mol. The lowest BCUT2D eigenvalue weighted by atomic mass is 10.1. The smallest absolute Gasteiger partial charge is 0.416 e. The molecule has 10 heteroatoms. The summed E-state index contributed by atoms with van der Waals surface area (Å²) in [6, 6.07) is 4.44. The number of carbonyl (C=O) groups is 3. The van der Waals surface area contributed by atoms with Crippen molar-refractivity contribution in [1.29, 1.82) is 0 Å². The summed E-state index contributed by atoms with van der Waals surface area (Å²) in [7, 11) is 0. The maximum atomic E-state index is 12.9. The minimum Gasteiger partial charge on any atom is -0.444 e. The molecule has 2 rings (SSSR count). The quantitative estimate of drug-likeness (QED) is 0.724. The van der Waals surface area contributed by atoms with E-state index < -0.39 is 41.2 Å². The van der Waals surface area contributed by atoms with Crippen molar-refractivity contribution in [3.63, 3.8) is 0 Å². The maximum absolute atomic E-state index is 12.9. The normalized spacial score (nSPS) is 17.2. The molecule has 1 saturated heterocycles. The van der Waals surface area contributed by atoms with E-state index >= 15 is 0 Å². The average Bonchev–Trinajstić information content (AvgIpc) is 2.98. The number of amides is 3. The van der Waals surface area contributed by atoms with Crippen LogP contribution in [0.25, 0.3) is 0 Å². The zero-order valence-corrected chi connectivity index (χ0v) is 16.4. The Labute approximate surface area is 166 Å². The highest BCUT2D eigenvalue weighted by Crippen LogP contribution is 2.33. The first kappa shape index (κ1) is 22.5. The van der Waals surface area contributed by atoms with E-state index in [0.29, 0.717) is 0 Å². The number of halogens is 3. The van der Waals surface area contributed by atoms with Crippen molar-refractivity contribution < 1.29 is 32.3 Å². The summed E-state index contributed by atoms with van der Waals surface area (Å²) in [6.45, 7) is 5.43. The second-order valence-electron chi connectivity index (χ2n) is 7.67. The van der Waals surface area contributed by atoms with Crippen LogP contribution in [0, 0.1) is 5.92 Å². The molecule has 1 heterocycles. The van der Waals surface area contributed by atoms with Crippen molar-refractivity contribution in [1.82, 2.24) is 10.6 Å². The summed E-state index contributed by atoms with van der Waals surface area (Å²) in [5.41, 5.74) is -1.39. The zero-order chi connectivity index (χ0) is 21.8. The third-order valence-corrected chi connectivity index (χ3v) is 4.07. The molecule has 0 aliphatic carbocycles. The summed E-state index contributed by atoms with van der Waals surface area (Å²) >= 11 is 0. The summed E-state index contributed by atoms with van der Waals surface area (Å²) in [6.07, 6.45) is -5.23. The topological polar surface area (TPSA) is 87.7 Å². The highest BCUT2D eigenvalue weighted by molar-refractivity contribution is 6.00. The van der Waals surface area contributed by atoms with Crippen LogP contribution in [-0.4, -0.2) is 43.1 Å². The van der Waals surface area contributed by atoms with E-state index in [2.05, 4.69) is 10.6 Å². The van der Waals surface area contributed by atoms with Crippen molar-refractivity contribution in [2.45, 2.75) is 39.0 Å². The van der Waals surface area contributed by atoms with Gasteiger partial charge in [0.05, 0.1) is 11.5 Å². The van der Waals surface area contributed by atoms with Crippen LogP contribution in [0.4, 0.5) is 23.7 Å². The van der Waals surface area contributed by atoms with E-state index in [-0.39, 0.29) is 31.7 Å². The van der Waals surface area contributed by atoms with Crippen molar-refractivity contribution in [3.05, 3.63) is 29.8 Å². The number of nitrogens with zero attached hydrogens (tertiary/aromatic N) is 1. The first-order valence-electron chi connectivity index (χ1n) is 9.09. The fourth-order valence-corrected chi connectivity index (χ4v) is 2.79. The van der Waals surface area contributed by atoms with Crippen LogP contribution in [0.1, 0.15) is 32.8 Å². The molecular weight excluding hydrogens is 391 g/mol. The molecule has 0 radical (unpaired) electrons. The molecule has 0 saturated carbocycles. The van der Waals surface area contributed by atoms with Gasteiger partial charge in [0.25, 0.3) is 0 Å². The largest absolute Gasteiger partial charge is 0.444 e. The minimum absolute atomic E-state index is 0.00846. The molecule has 0 spiro atoms. The van der Waals surface area contributed by atoms with Gasteiger partial charge >= 0.3 is 12.3 Å². The van der Waals surface area contributed by atoms with Crippen molar-refractivity contribution >= 4 is 23.6 Å². The lowest BCUT2D eigenvalue weighted by Crippen LogP contribution is -2.40. The van der Waals surface area contributed by atoms with Gasteiger partial charge < -0.3 is 20.3 Å². The van der Waals surface area contributed by atoms with Crippen molar-refractivity contribution in [3.8, 4) is 0 Å². The molecule has 1 aromatic carbocycles. The van der Waals surface area contributed by atoms with Gasteiger partial charge in [0.15, 0.2) is 0 Å². The molecule has 0 unspecified atom stereocenters. The van der Waals surface area contributed by atoms with E-state index in [0.717, 1.165) is 12.1 Å². The monoisotopic (exact) mass is 415 g/mol. The Morgan fingerprint density at radius 3 is 2.45 bits per heavy atom. The number of carbonyl (C=O) groups excluding carboxylic acids is 3. The second kappa shape index (κ2) is 8.71. The van der Waals surface area contributed by atoms with Gasteiger partial charge in [-0.25, -0.2) is 4.79 Å². The Hall–Kier alpha value is -2.78. The number of anilines is 1. The fraction of sp³-hybridized carbons (Fsp3) is 0.526. The molecule has 0 bridgehead atoms. The van der Waals surface area contributed by atoms with Crippen LogP contribution in [0.3, 0.4) is 0 Å². The number of hydrogen-bond acceptors (Lipinski definition) is 4. The van der Waals surface area contributed by atoms with Crippen LogP contribution >= 0.6 is 0 Å². The molecule has 3 amide bonds. The highest BCUT2D eigenvalue weighted by Gasteiger charge is 2.36. The SMILES string of the molecule is CC(C)(C)OC(=O)NCCNC(=O)[C@H]1CC(=O)N(c2cccc(C(F)(F)F)c2)C1. The molecule has 29 heavy (non-hydrogen) atoms. The Morgan fingerprint density at radius 1 is 1.17 bits per heavy atom. The molecule has 1 aromatic rings. The molecule has 1 fully saturated rings. The standard InChI is InChI=1S/C19H24F3N3O4/c1-18(2,3)29-17(28)24-8-7-23-16(27)12-9-15(26)25(11-12)14-6-4-5-13(10-14)19(20,21)22/h4-6,10,12H,7-9,11H2,1-3H3,(H,23,27)(H,24,28)/t12-/m0/s1. The van der Waals surface area contributed by atoms with Crippen LogP contribution in [-0.2, 0) is 20.5 Å². The fourth-order valence-electron chi connectivity index (χ4n) is 2.79. The van der Waals surface area contributed by atoms with Gasteiger partial charge in [0.1, 0.15) is 5.60 Å². The van der Waals surface area contributed by atoms with Crippen LogP contribution < -0.4 is 15.5 Å². The number of hydrogen-bond donors (Lipinski definition) is 2. The van der Waals surface area contributed by atoms with Crippen LogP contribution in [0.15, 0.2) is 24.3 Å². The van der Waals surface area contributed by atoms with Gasteiger partial charge in [0, 0.05) is 31.7 Å². The lowest BCUT2D eigenvalue weighted by Gasteiger charge is -2.20. The number of alkyl carbamates (subject to hydrolysis) is 1. The second-order valence-corrected chi connectivity index (χ2v) is 7.67.